The molecule has 1 atom stereocenters. The molecule has 1 heterocycles. The first kappa shape index (κ1) is 17.8. The number of halogens is 1. The molecule has 0 saturated carbocycles. The molecule has 0 radical (unpaired) electrons. The lowest BCUT2D eigenvalue weighted by molar-refractivity contribution is -0.126. The number of benzene rings is 1. The molecule has 0 fully saturated rings. The molecule has 3 N–H and O–H groups in total. The van der Waals surface area contributed by atoms with Crippen LogP contribution in [0.1, 0.15) is 25.8 Å². The van der Waals surface area contributed by atoms with Crippen molar-refractivity contribution in [1.82, 2.24) is 16.2 Å². The molecule has 0 aliphatic carbocycles. The second-order valence-corrected chi connectivity index (χ2v) is 6.86. The van der Waals surface area contributed by atoms with E-state index in [0.717, 1.165) is 24.3 Å². The Balaban J connectivity index is 1.77. The van der Waals surface area contributed by atoms with E-state index in [-0.39, 0.29) is 11.8 Å². The third-order valence-electron chi connectivity index (χ3n) is 3.61. The number of hydrazine groups is 1. The Bertz CT molecular complexity index is 580. The summed E-state index contributed by atoms with van der Waals surface area (Å²) in [5.74, 6) is 0.971. The Morgan fingerprint density at radius 3 is 2.96 bits per heavy atom. The zero-order chi connectivity index (χ0) is 16.8. The Morgan fingerprint density at radius 2 is 2.22 bits per heavy atom. The molecule has 126 valence electrons. The van der Waals surface area contributed by atoms with Crippen molar-refractivity contribution in [3.8, 4) is 5.75 Å². The molecule has 0 saturated heterocycles. The summed E-state index contributed by atoms with van der Waals surface area (Å²) in [4.78, 5) is 12.2. The SMILES string of the molecule is CC(C)CCNC(=S)NNC(=O)[C@H]1COc2ccc(Cl)cc2C1. The second-order valence-electron chi connectivity index (χ2n) is 6.02. The molecule has 23 heavy (non-hydrogen) atoms. The summed E-state index contributed by atoms with van der Waals surface area (Å²) in [5.41, 5.74) is 6.30. The van der Waals surface area contributed by atoms with Gasteiger partial charge in [0.15, 0.2) is 5.11 Å². The molecule has 7 heteroatoms. The average Bonchev–Trinajstić information content (AvgIpc) is 2.51. The maximum atomic E-state index is 12.2. The lowest BCUT2D eigenvalue weighted by atomic mass is 9.96. The van der Waals surface area contributed by atoms with Gasteiger partial charge in [-0.15, -0.1) is 0 Å². The van der Waals surface area contributed by atoms with E-state index in [2.05, 4.69) is 30.0 Å². The number of fused-ring (bicyclic) bond motifs is 1. The van der Waals surface area contributed by atoms with Gasteiger partial charge in [-0.25, -0.2) is 0 Å². The van der Waals surface area contributed by atoms with Gasteiger partial charge in [0.05, 0.1) is 5.92 Å². The summed E-state index contributed by atoms with van der Waals surface area (Å²) >= 11 is 11.1. The van der Waals surface area contributed by atoms with Crippen molar-refractivity contribution in [2.75, 3.05) is 13.2 Å². The number of thiocarbonyl (C=S) groups is 1. The van der Waals surface area contributed by atoms with Crippen LogP contribution in [0.2, 0.25) is 5.02 Å². The monoisotopic (exact) mass is 355 g/mol. The molecule has 1 aromatic rings. The molecule has 1 aliphatic rings. The molecule has 2 rings (SSSR count). The van der Waals surface area contributed by atoms with Crippen LogP contribution in [0.25, 0.3) is 0 Å². The summed E-state index contributed by atoms with van der Waals surface area (Å²) in [6.45, 7) is 5.41. The van der Waals surface area contributed by atoms with E-state index in [1.165, 1.54) is 0 Å². The van der Waals surface area contributed by atoms with Gasteiger partial charge in [-0.3, -0.25) is 15.6 Å². The molecule has 0 unspecified atom stereocenters. The van der Waals surface area contributed by atoms with Gasteiger partial charge >= 0.3 is 0 Å². The smallest absolute Gasteiger partial charge is 0.245 e. The van der Waals surface area contributed by atoms with Crippen LogP contribution in [-0.2, 0) is 11.2 Å². The fourth-order valence-electron chi connectivity index (χ4n) is 2.27. The number of carbonyl (C=O) groups excluding carboxylic acids is 1. The van der Waals surface area contributed by atoms with Gasteiger partial charge in [-0.2, -0.15) is 0 Å². The minimum atomic E-state index is -0.271. The fraction of sp³-hybridized carbons (Fsp3) is 0.500. The zero-order valence-electron chi connectivity index (χ0n) is 13.3. The van der Waals surface area contributed by atoms with Gasteiger partial charge < -0.3 is 10.1 Å². The highest BCUT2D eigenvalue weighted by molar-refractivity contribution is 7.80. The first-order valence-electron chi connectivity index (χ1n) is 7.70. The maximum Gasteiger partial charge on any atom is 0.245 e. The van der Waals surface area contributed by atoms with Crippen LogP contribution in [0.4, 0.5) is 0 Å². The van der Waals surface area contributed by atoms with Crippen LogP contribution in [0.3, 0.4) is 0 Å². The van der Waals surface area contributed by atoms with E-state index < -0.39 is 0 Å². The number of hydrogen-bond donors (Lipinski definition) is 3. The Morgan fingerprint density at radius 1 is 1.43 bits per heavy atom. The summed E-state index contributed by atoms with van der Waals surface area (Å²) in [7, 11) is 0. The van der Waals surface area contributed by atoms with Crippen molar-refractivity contribution >= 4 is 34.8 Å². The Labute approximate surface area is 147 Å². The first-order chi connectivity index (χ1) is 11.0. The number of nitrogens with one attached hydrogen (secondary N) is 3. The standard InChI is InChI=1S/C16H22ClN3O2S/c1-10(2)5-6-18-16(23)20-19-15(21)12-7-11-8-13(17)3-4-14(11)22-9-12/h3-4,8,10,12H,5-7,9H2,1-2H3,(H,19,21)(H2,18,20,23)/t12-/m1/s1. The molecule has 1 aromatic carbocycles. The number of ether oxygens (including phenoxy) is 1. The van der Waals surface area contributed by atoms with Gasteiger partial charge in [0.2, 0.25) is 5.91 Å². The topological polar surface area (TPSA) is 62.4 Å². The summed E-state index contributed by atoms with van der Waals surface area (Å²) < 4.78 is 5.61. The predicted molar refractivity (Wildman–Crippen MR) is 95.5 cm³/mol. The van der Waals surface area contributed by atoms with Crippen molar-refractivity contribution in [2.45, 2.75) is 26.7 Å². The van der Waals surface area contributed by atoms with Crippen LogP contribution >= 0.6 is 23.8 Å². The van der Waals surface area contributed by atoms with Crippen molar-refractivity contribution in [2.24, 2.45) is 11.8 Å². The van der Waals surface area contributed by atoms with Gasteiger partial charge in [-0.05, 0) is 54.7 Å². The maximum absolute atomic E-state index is 12.2. The number of hydrogen-bond acceptors (Lipinski definition) is 3. The highest BCUT2D eigenvalue weighted by Gasteiger charge is 2.26. The van der Waals surface area contributed by atoms with Crippen molar-refractivity contribution in [3.05, 3.63) is 28.8 Å². The zero-order valence-corrected chi connectivity index (χ0v) is 14.9. The molecule has 1 amide bonds. The van der Waals surface area contributed by atoms with Crippen LogP contribution in [0.15, 0.2) is 18.2 Å². The van der Waals surface area contributed by atoms with Crippen molar-refractivity contribution in [3.63, 3.8) is 0 Å². The molecular formula is C16H22ClN3O2S. The van der Waals surface area contributed by atoms with Gasteiger partial charge in [0.1, 0.15) is 12.4 Å². The average molecular weight is 356 g/mol. The quantitative estimate of drug-likeness (QED) is 0.572. The molecule has 1 aliphatic heterocycles. The van der Waals surface area contributed by atoms with E-state index in [4.69, 9.17) is 28.6 Å². The molecule has 5 nitrogen and oxygen atoms in total. The second kappa shape index (κ2) is 8.36. The first-order valence-corrected chi connectivity index (χ1v) is 8.49. The van der Waals surface area contributed by atoms with Crippen LogP contribution in [0.5, 0.6) is 5.75 Å². The molecule has 0 spiro atoms. The van der Waals surface area contributed by atoms with Crippen molar-refractivity contribution in [1.29, 1.82) is 0 Å². The Kier molecular flexibility index (Phi) is 6.47. The highest BCUT2D eigenvalue weighted by atomic mass is 35.5. The minimum absolute atomic E-state index is 0.149. The highest BCUT2D eigenvalue weighted by Crippen LogP contribution is 2.29. The summed E-state index contributed by atoms with van der Waals surface area (Å²) in [6.07, 6.45) is 1.61. The largest absolute Gasteiger partial charge is 0.492 e. The fourth-order valence-corrected chi connectivity index (χ4v) is 2.62. The Hall–Kier alpha value is -1.53. The van der Waals surface area contributed by atoms with E-state index in [1.807, 2.05) is 12.1 Å². The number of rotatable bonds is 4. The molecule has 0 aromatic heterocycles. The van der Waals surface area contributed by atoms with Crippen LogP contribution < -0.4 is 20.9 Å². The lowest BCUT2D eigenvalue weighted by Crippen LogP contribution is -2.50. The molecule has 0 bridgehead atoms. The minimum Gasteiger partial charge on any atom is -0.492 e. The molecular weight excluding hydrogens is 334 g/mol. The summed E-state index contributed by atoms with van der Waals surface area (Å²) in [6, 6.07) is 5.45. The van der Waals surface area contributed by atoms with Gasteiger partial charge in [0.25, 0.3) is 0 Å². The summed E-state index contributed by atoms with van der Waals surface area (Å²) in [5, 5.41) is 4.11. The lowest BCUT2D eigenvalue weighted by Gasteiger charge is -2.25. The normalized spacial score (nSPS) is 16.3. The third-order valence-corrected chi connectivity index (χ3v) is 4.09. The van der Waals surface area contributed by atoms with E-state index >= 15 is 0 Å². The number of amides is 1. The van der Waals surface area contributed by atoms with Gasteiger partial charge in [0, 0.05) is 11.6 Å². The van der Waals surface area contributed by atoms with Gasteiger partial charge in [-0.1, -0.05) is 25.4 Å². The third kappa shape index (κ3) is 5.55. The predicted octanol–water partition coefficient (Wildman–Crippen LogP) is 2.43. The van der Waals surface area contributed by atoms with E-state index in [1.54, 1.807) is 6.07 Å². The van der Waals surface area contributed by atoms with Crippen LogP contribution in [0, 0.1) is 11.8 Å². The van der Waals surface area contributed by atoms with E-state index in [0.29, 0.717) is 29.1 Å². The van der Waals surface area contributed by atoms with Crippen LogP contribution in [-0.4, -0.2) is 24.2 Å². The van der Waals surface area contributed by atoms with E-state index in [9.17, 15) is 4.79 Å². The van der Waals surface area contributed by atoms with Crippen molar-refractivity contribution < 1.29 is 9.53 Å². The number of carbonyl (C=O) groups is 1.